The van der Waals surface area contributed by atoms with Crippen molar-refractivity contribution in [3.05, 3.63) is 0 Å². The van der Waals surface area contributed by atoms with Crippen molar-refractivity contribution < 1.29 is 29.0 Å². The van der Waals surface area contributed by atoms with E-state index in [1.54, 1.807) is 0 Å². The van der Waals surface area contributed by atoms with Crippen LogP contribution < -0.4 is 11.1 Å². The third-order valence-electron chi connectivity index (χ3n) is 2.51. The molecule has 4 N–H and O–H groups in total. The number of nitrogens with two attached hydrogens (primary N) is 1. The molecule has 2 unspecified atom stereocenters. The van der Waals surface area contributed by atoms with Crippen LogP contribution in [0.1, 0.15) is 19.3 Å². The molecule has 2 atom stereocenters. The van der Waals surface area contributed by atoms with Crippen molar-refractivity contribution in [2.45, 2.75) is 31.4 Å². The van der Waals surface area contributed by atoms with Crippen LogP contribution in [0.2, 0.25) is 0 Å². The number of carbonyl (C=O) groups excluding carboxylic acids is 2. The Morgan fingerprint density at radius 3 is 2.37 bits per heavy atom. The molecule has 0 saturated carbocycles. The predicted molar refractivity (Wildman–Crippen MR) is 65.3 cm³/mol. The van der Waals surface area contributed by atoms with E-state index in [4.69, 9.17) is 15.6 Å². The van der Waals surface area contributed by atoms with Gasteiger partial charge in [0.1, 0.15) is 6.04 Å². The zero-order valence-electron chi connectivity index (χ0n) is 11.0. The largest absolute Gasteiger partial charge is 0.480 e. The van der Waals surface area contributed by atoms with Crippen LogP contribution in [0.15, 0.2) is 0 Å². The molecule has 8 nitrogen and oxygen atoms in total. The Labute approximate surface area is 111 Å². The number of nitrogens with one attached hydrogen (secondary N) is 1. The molecule has 0 bridgehead atoms. The van der Waals surface area contributed by atoms with Crippen LogP contribution >= 0.6 is 0 Å². The van der Waals surface area contributed by atoms with Crippen LogP contribution in [0.5, 0.6) is 0 Å². The van der Waals surface area contributed by atoms with Crippen LogP contribution in [0.25, 0.3) is 0 Å². The lowest BCUT2D eigenvalue weighted by Crippen LogP contribution is -2.43. The lowest BCUT2D eigenvalue weighted by Gasteiger charge is -2.16. The molecule has 0 aliphatic rings. The molecule has 0 aromatic heterocycles. The number of aliphatic carboxylic acids is 1. The lowest BCUT2D eigenvalue weighted by atomic mass is 10.1. The summed E-state index contributed by atoms with van der Waals surface area (Å²) in [4.78, 5) is 33.4. The molecule has 8 heteroatoms. The molecule has 0 heterocycles. The normalized spacial score (nSPS) is 13.4. The summed E-state index contributed by atoms with van der Waals surface area (Å²) in [7, 11) is 2.62. The van der Waals surface area contributed by atoms with Gasteiger partial charge >= 0.3 is 11.9 Å². The summed E-state index contributed by atoms with van der Waals surface area (Å²) in [6, 6.07) is -1.14. The minimum atomic E-state index is -1.21. The Kier molecular flexibility index (Phi) is 8.47. The highest BCUT2D eigenvalue weighted by Gasteiger charge is 2.22. The summed E-state index contributed by atoms with van der Waals surface area (Å²) in [5, 5.41) is 11.2. The van der Waals surface area contributed by atoms with Gasteiger partial charge in [-0.2, -0.15) is 0 Å². The topological polar surface area (TPSA) is 128 Å². The fraction of sp³-hybridized carbons (Fsp3) is 0.727. The molecule has 0 rings (SSSR count). The summed E-state index contributed by atoms with van der Waals surface area (Å²) >= 11 is 0. The molecular formula is C11H20N2O6. The van der Waals surface area contributed by atoms with E-state index in [0.717, 1.165) is 0 Å². The molecule has 19 heavy (non-hydrogen) atoms. The summed E-state index contributed by atoms with van der Waals surface area (Å²) in [6.45, 7) is 0.157. The van der Waals surface area contributed by atoms with Gasteiger partial charge in [-0.15, -0.1) is 0 Å². The minimum absolute atomic E-state index is 0.0327. The van der Waals surface area contributed by atoms with E-state index in [0.29, 0.717) is 0 Å². The number of hydrogen-bond acceptors (Lipinski definition) is 6. The Bertz CT molecular complexity index is 316. The third kappa shape index (κ3) is 7.37. The molecule has 110 valence electrons. The van der Waals surface area contributed by atoms with Gasteiger partial charge in [0.15, 0.2) is 0 Å². The number of rotatable bonds is 9. The Morgan fingerprint density at radius 2 is 1.95 bits per heavy atom. The molecular weight excluding hydrogens is 256 g/mol. The number of hydrogen-bond donors (Lipinski definition) is 3. The quantitative estimate of drug-likeness (QED) is 0.455. The van der Waals surface area contributed by atoms with Gasteiger partial charge in [-0.1, -0.05) is 0 Å². The fourth-order valence-electron chi connectivity index (χ4n) is 1.34. The van der Waals surface area contributed by atoms with Crippen molar-refractivity contribution in [3.8, 4) is 0 Å². The van der Waals surface area contributed by atoms with E-state index in [2.05, 4.69) is 10.1 Å². The van der Waals surface area contributed by atoms with E-state index in [1.165, 1.54) is 14.2 Å². The first kappa shape index (κ1) is 17.3. The first-order chi connectivity index (χ1) is 8.94. The predicted octanol–water partition coefficient (Wildman–Crippen LogP) is -1.13. The minimum Gasteiger partial charge on any atom is -0.480 e. The first-order valence-electron chi connectivity index (χ1n) is 5.76. The molecule has 0 radical (unpaired) electrons. The van der Waals surface area contributed by atoms with E-state index < -0.39 is 30.0 Å². The maximum Gasteiger partial charge on any atom is 0.326 e. The van der Waals surface area contributed by atoms with Crippen molar-refractivity contribution >= 4 is 17.8 Å². The summed E-state index contributed by atoms with van der Waals surface area (Å²) < 4.78 is 9.32. The van der Waals surface area contributed by atoms with Gasteiger partial charge < -0.3 is 25.6 Å². The smallest absolute Gasteiger partial charge is 0.326 e. The average Bonchev–Trinajstić information content (AvgIpc) is 2.39. The van der Waals surface area contributed by atoms with Gasteiger partial charge in [0.25, 0.3) is 0 Å². The summed E-state index contributed by atoms with van der Waals surface area (Å²) in [5.74, 6) is -2.23. The molecule has 0 aromatic carbocycles. The van der Waals surface area contributed by atoms with Crippen molar-refractivity contribution in [2.75, 3.05) is 20.8 Å². The molecule has 0 spiro atoms. The zero-order valence-corrected chi connectivity index (χ0v) is 11.0. The average molecular weight is 276 g/mol. The second-order valence-electron chi connectivity index (χ2n) is 3.87. The number of esters is 1. The summed E-state index contributed by atoms with van der Waals surface area (Å²) in [5.41, 5.74) is 5.36. The van der Waals surface area contributed by atoms with Crippen LogP contribution in [0.3, 0.4) is 0 Å². The fourth-order valence-corrected chi connectivity index (χ4v) is 1.34. The number of methoxy groups -OCH3 is 2. The number of amides is 1. The lowest BCUT2D eigenvalue weighted by molar-refractivity contribution is -0.144. The van der Waals surface area contributed by atoms with E-state index in [1.807, 2.05) is 0 Å². The first-order valence-corrected chi connectivity index (χ1v) is 5.76. The van der Waals surface area contributed by atoms with Gasteiger partial charge in [0, 0.05) is 20.1 Å². The second kappa shape index (κ2) is 9.29. The van der Waals surface area contributed by atoms with E-state index in [-0.39, 0.29) is 25.8 Å². The Hall–Kier alpha value is -1.67. The highest BCUT2D eigenvalue weighted by atomic mass is 16.5. The molecule has 0 fully saturated rings. The van der Waals surface area contributed by atoms with Gasteiger partial charge in [-0.05, 0) is 6.42 Å². The number of carbonyl (C=O) groups is 3. The molecule has 0 aliphatic heterocycles. The van der Waals surface area contributed by atoms with E-state index >= 15 is 0 Å². The summed E-state index contributed by atoms with van der Waals surface area (Å²) in [6.07, 6.45) is -0.614. The van der Waals surface area contributed by atoms with Crippen molar-refractivity contribution in [1.29, 1.82) is 0 Å². The number of carboxylic acid groups (broad SMARTS) is 1. The highest BCUT2D eigenvalue weighted by Crippen LogP contribution is 2.02. The van der Waals surface area contributed by atoms with Crippen molar-refractivity contribution in [1.82, 2.24) is 5.32 Å². The van der Waals surface area contributed by atoms with E-state index in [9.17, 15) is 14.4 Å². The Morgan fingerprint density at radius 1 is 1.32 bits per heavy atom. The zero-order chi connectivity index (χ0) is 14.8. The molecule has 0 aromatic rings. The Balaban J connectivity index is 4.30. The third-order valence-corrected chi connectivity index (χ3v) is 2.51. The van der Waals surface area contributed by atoms with Crippen molar-refractivity contribution in [3.63, 3.8) is 0 Å². The van der Waals surface area contributed by atoms with Crippen LogP contribution in [-0.2, 0) is 23.9 Å². The number of ether oxygens (including phenoxy) is 2. The molecule has 1 amide bonds. The van der Waals surface area contributed by atoms with Gasteiger partial charge in [-0.3, -0.25) is 9.59 Å². The van der Waals surface area contributed by atoms with Crippen molar-refractivity contribution in [2.24, 2.45) is 5.73 Å². The van der Waals surface area contributed by atoms with Gasteiger partial charge in [0.2, 0.25) is 5.91 Å². The van der Waals surface area contributed by atoms with Crippen LogP contribution in [0, 0.1) is 0 Å². The number of carboxylic acids is 1. The maximum atomic E-state index is 11.6. The van der Waals surface area contributed by atoms with Gasteiger partial charge in [-0.25, -0.2) is 4.79 Å². The second-order valence-corrected chi connectivity index (χ2v) is 3.87. The highest BCUT2D eigenvalue weighted by molar-refractivity contribution is 5.84. The van der Waals surface area contributed by atoms with Crippen LogP contribution in [-0.4, -0.2) is 55.9 Å². The van der Waals surface area contributed by atoms with Gasteiger partial charge in [0.05, 0.1) is 19.6 Å². The monoisotopic (exact) mass is 276 g/mol. The molecule has 0 aliphatic carbocycles. The maximum absolute atomic E-state index is 11.6. The van der Waals surface area contributed by atoms with Crippen LogP contribution in [0.4, 0.5) is 0 Å². The molecule has 0 saturated heterocycles. The standard InChI is InChI=1S/C11H20N2O6/c1-18-7(6-12)5-9(14)13-8(11(16)17)3-4-10(15)19-2/h7-8H,3-6,12H2,1-2H3,(H,13,14)(H,16,17). The SMILES string of the molecule is COC(=O)CCC(NC(=O)CC(CN)OC)C(=O)O.